The Labute approximate surface area is 87.7 Å². The summed E-state index contributed by atoms with van der Waals surface area (Å²) < 4.78 is 5.64. The zero-order valence-corrected chi connectivity index (χ0v) is 9.30. The van der Waals surface area contributed by atoms with Gasteiger partial charge in [0, 0.05) is 6.04 Å². The van der Waals surface area contributed by atoms with Gasteiger partial charge in [0.15, 0.2) is 0 Å². The number of ether oxygens (including phenoxy) is 1. The molecule has 0 bridgehead atoms. The summed E-state index contributed by atoms with van der Waals surface area (Å²) in [5.74, 6) is 0. The van der Waals surface area contributed by atoms with Crippen LogP contribution in [0.25, 0.3) is 0 Å². The SMILES string of the molecule is C=CCOC1CCC(NCCC)CC1. The molecule has 1 rings (SSSR count). The van der Waals surface area contributed by atoms with E-state index in [0.717, 1.165) is 12.6 Å². The molecule has 0 spiro atoms. The third-order valence-electron chi connectivity index (χ3n) is 2.81. The summed E-state index contributed by atoms with van der Waals surface area (Å²) in [5, 5.41) is 3.57. The highest BCUT2D eigenvalue weighted by Crippen LogP contribution is 2.21. The summed E-state index contributed by atoms with van der Waals surface area (Å²) in [6, 6.07) is 0.735. The van der Waals surface area contributed by atoms with E-state index in [0.29, 0.717) is 12.7 Å². The molecule has 1 fully saturated rings. The van der Waals surface area contributed by atoms with Crippen LogP contribution in [0.1, 0.15) is 39.0 Å². The molecule has 2 nitrogen and oxygen atoms in total. The van der Waals surface area contributed by atoms with Crippen LogP contribution in [-0.2, 0) is 4.74 Å². The fraction of sp³-hybridized carbons (Fsp3) is 0.833. The third kappa shape index (κ3) is 4.25. The summed E-state index contributed by atoms with van der Waals surface area (Å²) in [7, 11) is 0. The highest BCUT2D eigenvalue weighted by Gasteiger charge is 2.20. The van der Waals surface area contributed by atoms with E-state index in [1.165, 1.54) is 32.1 Å². The molecule has 82 valence electrons. The fourth-order valence-electron chi connectivity index (χ4n) is 1.99. The maximum Gasteiger partial charge on any atom is 0.0648 e. The second-order valence-electron chi connectivity index (χ2n) is 4.05. The largest absolute Gasteiger partial charge is 0.374 e. The van der Waals surface area contributed by atoms with Gasteiger partial charge in [-0.05, 0) is 38.6 Å². The molecule has 0 amide bonds. The van der Waals surface area contributed by atoms with Gasteiger partial charge in [-0.3, -0.25) is 0 Å². The van der Waals surface area contributed by atoms with Gasteiger partial charge in [0.2, 0.25) is 0 Å². The molecule has 1 N–H and O–H groups in total. The van der Waals surface area contributed by atoms with E-state index in [-0.39, 0.29) is 0 Å². The zero-order valence-electron chi connectivity index (χ0n) is 9.30. The van der Waals surface area contributed by atoms with Gasteiger partial charge in [-0.15, -0.1) is 6.58 Å². The number of hydrogen-bond donors (Lipinski definition) is 1. The Morgan fingerprint density at radius 3 is 2.64 bits per heavy atom. The maximum atomic E-state index is 5.64. The van der Waals surface area contributed by atoms with Crippen LogP contribution < -0.4 is 5.32 Å². The van der Waals surface area contributed by atoms with Crippen LogP contribution in [0.15, 0.2) is 12.7 Å². The molecule has 1 aliphatic rings. The second-order valence-corrected chi connectivity index (χ2v) is 4.05. The van der Waals surface area contributed by atoms with Crippen molar-refractivity contribution >= 4 is 0 Å². The molecular formula is C12H23NO. The van der Waals surface area contributed by atoms with Crippen molar-refractivity contribution in [1.82, 2.24) is 5.32 Å². The topological polar surface area (TPSA) is 21.3 Å². The maximum absolute atomic E-state index is 5.64. The minimum atomic E-state index is 0.479. The average molecular weight is 197 g/mol. The average Bonchev–Trinajstić information content (AvgIpc) is 2.25. The number of nitrogens with one attached hydrogen (secondary N) is 1. The molecule has 1 saturated carbocycles. The zero-order chi connectivity index (χ0) is 10.2. The molecule has 0 aliphatic heterocycles. The van der Waals surface area contributed by atoms with Gasteiger partial charge in [-0.2, -0.15) is 0 Å². The Kier molecular flexibility index (Phi) is 5.88. The van der Waals surface area contributed by atoms with Crippen molar-refractivity contribution in [2.45, 2.75) is 51.2 Å². The Morgan fingerprint density at radius 2 is 2.07 bits per heavy atom. The summed E-state index contributed by atoms with van der Waals surface area (Å²) in [5.41, 5.74) is 0. The first-order valence-corrected chi connectivity index (χ1v) is 5.82. The van der Waals surface area contributed by atoms with E-state index in [1.807, 2.05) is 6.08 Å². The first-order chi connectivity index (χ1) is 6.86. The predicted molar refractivity (Wildman–Crippen MR) is 60.5 cm³/mol. The van der Waals surface area contributed by atoms with E-state index >= 15 is 0 Å². The summed E-state index contributed by atoms with van der Waals surface area (Å²) >= 11 is 0. The number of rotatable bonds is 6. The van der Waals surface area contributed by atoms with Gasteiger partial charge in [0.05, 0.1) is 12.7 Å². The lowest BCUT2D eigenvalue weighted by atomic mass is 9.93. The van der Waals surface area contributed by atoms with E-state index in [2.05, 4.69) is 18.8 Å². The first-order valence-electron chi connectivity index (χ1n) is 5.82. The van der Waals surface area contributed by atoms with Gasteiger partial charge in [0.25, 0.3) is 0 Å². The van der Waals surface area contributed by atoms with Crippen molar-refractivity contribution in [1.29, 1.82) is 0 Å². The van der Waals surface area contributed by atoms with Crippen LogP contribution in [0.3, 0.4) is 0 Å². The van der Waals surface area contributed by atoms with Gasteiger partial charge in [-0.25, -0.2) is 0 Å². The molecule has 0 atom stereocenters. The molecule has 2 heteroatoms. The lowest BCUT2D eigenvalue weighted by Crippen LogP contribution is -2.35. The molecule has 0 saturated heterocycles. The van der Waals surface area contributed by atoms with E-state index < -0.39 is 0 Å². The van der Waals surface area contributed by atoms with Crippen molar-refractivity contribution in [3.63, 3.8) is 0 Å². The Bertz CT molecular complexity index is 150. The van der Waals surface area contributed by atoms with E-state index in [4.69, 9.17) is 4.74 Å². The Hall–Kier alpha value is -0.340. The van der Waals surface area contributed by atoms with Crippen molar-refractivity contribution < 1.29 is 4.74 Å². The normalized spacial score (nSPS) is 27.5. The lowest BCUT2D eigenvalue weighted by molar-refractivity contribution is 0.0398. The monoisotopic (exact) mass is 197 g/mol. The molecule has 0 aromatic rings. The van der Waals surface area contributed by atoms with Gasteiger partial charge in [0.1, 0.15) is 0 Å². The Morgan fingerprint density at radius 1 is 1.36 bits per heavy atom. The quantitative estimate of drug-likeness (QED) is 0.661. The van der Waals surface area contributed by atoms with Crippen molar-refractivity contribution in [3.8, 4) is 0 Å². The molecule has 0 radical (unpaired) electrons. The highest BCUT2D eigenvalue weighted by molar-refractivity contribution is 4.78. The summed E-state index contributed by atoms with van der Waals surface area (Å²) in [4.78, 5) is 0. The van der Waals surface area contributed by atoms with Crippen LogP contribution in [0.5, 0.6) is 0 Å². The lowest BCUT2D eigenvalue weighted by Gasteiger charge is -2.28. The third-order valence-corrected chi connectivity index (χ3v) is 2.81. The Balaban J connectivity index is 2.08. The molecular weight excluding hydrogens is 174 g/mol. The van der Waals surface area contributed by atoms with Crippen LogP contribution in [0, 0.1) is 0 Å². The number of hydrogen-bond acceptors (Lipinski definition) is 2. The second kappa shape index (κ2) is 7.02. The minimum Gasteiger partial charge on any atom is -0.374 e. The van der Waals surface area contributed by atoms with Crippen molar-refractivity contribution in [3.05, 3.63) is 12.7 Å². The molecule has 0 aromatic carbocycles. The molecule has 0 unspecified atom stereocenters. The minimum absolute atomic E-state index is 0.479. The smallest absolute Gasteiger partial charge is 0.0648 e. The van der Waals surface area contributed by atoms with Crippen LogP contribution in [0.2, 0.25) is 0 Å². The van der Waals surface area contributed by atoms with Crippen molar-refractivity contribution in [2.24, 2.45) is 0 Å². The molecule has 0 heterocycles. The van der Waals surface area contributed by atoms with Gasteiger partial charge in [-0.1, -0.05) is 13.0 Å². The summed E-state index contributed by atoms with van der Waals surface area (Å²) in [6.07, 6.45) is 8.48. The van der Waals surface area contributed by atoms with Crippen LogP contribution in [-0.4, -0.2) is 25.3 Å². The summed E-state index contributed by atoms with van der Waals surface area (Å²) in [6.45, 7) is 7.74. The van der Waals surface area contributed by atoms with Crippen molar-refractivity contribution in [2.75, 3.05) is 13.2 Å². The fourth-order valence-corrected chi connectivity index (χ4v) is 1.99. The van der Waals surface area contributed by atoms with E-state index in [9.17, 15) is 0 Å². The first kappa shape index (κ1) is 11.7. The highest BCUT2D eigenvalue weighted by atomic mass is 16.5. The van der Waals surface area contributed by atoms with Crippen LogP contribution in [0.4, 0.5) is 0 Å². The standard InChI is InChI=1S/C12H23NO/c1-3-9-13-11-5-7-12(8-6-11)14-10-4-2/h4,11-13H,2-3,5-10H2,1H3. The van der Waals surface area contributed by atoms with E-state index in [1.54, 1.807) is 0 Å². The molecule has 14 heavy (non-hydrogen) atoms. The van der Waals surface area contributed by atoms with Gasteiger partial charge >= 0.3 is 0 Å². The van der Waals surface area contributed by atoms with Crippen LogP contribution >= 0.6 is 0 Å². The predicted octanol–water partition coefficient (Wildman–Crippen LogP) is 2.50. The molecule has 1 aliphatic carbocycles. The van der Waals surface area contributed by atoms with Gasteiger partial charge < -0.3 is 10.1 Å². The molecule has 0 aromatic heterocycles.